The number of rotatable bonds is 58. The number of carbonyl (C=O) groups is 3. The lowest BCUT2D eigenvalue weighted by atomic mass is 10.0. The molecule has 0 aliphatic rings. The van der Waals surface area contributed by atoms with Crippen LogP contribution in [0.4, 0.5) is 0 Å². The van der Waals surface area contributed by atoms with E-state index in [0.29, 0.717) is 19.3 Å². The second kappa shape index (κ2) is 58.0. The maximum absolute atomic E-state index is 12.7. The summed E-state index contributed by atoms with van der Waals surface area (Å²) in [4.78, 5) is 37.9. The summed E-state index contributed by atoms with van der Waals surface area (Å²) in [6, 6.07) is 0. The van der Waals surface area contributed by atoms with Gasteiger partial charge in [-0.25, -0.2) is 0 Å². The minimum Gasteiger partial charge on any atom is -0.462 e. The van der Waals surface area contributed by atoms with Crippen LogP contribution in [0.2, 0.25) is 0 Å². The Kier molecular flexibility index (Phi) is 56.6. The van der Waals surface area contributed by atoms with Gasteiger partial charge < -0.3 is 14.2 Å². The smallest absolute Gasteiger partial charge is 0.306 e. The van der Waals surface area contributed by atoms with Crippen molar-refractivity contribution in [1.29, 1.82) is 0 Å². The molecule has 0 heterocycles. The number of carbonyl (C=O) groups excluding carboxylic acids is 3. The molecular formula is C62H120O6. The Morgan fingerprint density at radius 3 is 0.588 bits per heavy atom. The number of unbranched alkanes of at least 4 members (excludes halogenated alkanes) is 47. The summed E-state index contributed by atoms with van der Waals surface area (Å²) >= 11 is 0. The fraction of sp³-hybridized carbons (Fsp3) is 0.952. The van der Waals surface area contributed by atoms with Crippen molar-refractivity contribution in [2.45, 2.75) is 367 Å². The van der Waals surface area contributed by atoms with E-state index in [2.05, 4.69) is 20.8 Å². The van der Waals surface area contributed by atoms with Gasteiger partial charge >= 0.3 is 17.9 Å². The Morgan fingerprint density at radius 1 is 0.235 bits per heavy atom. The van der Waals surface area contributed by atoms with Crippen LogP contribution >= 0.6 is 0 Å². The number of ether oxygens (including phenoxy) is 3. The highest BCUT2D eigenvalue weighted by molar-refractivity contribution is 5.71. The lowest BCUT2D eigenvalue weighted by Gasteiger charge is -2.18. The highest BCUT2D eigenvalue weighted by Gasteiger charge is 2.19. The zero-order valence-corrected chi connectivity index (χ0v) is 46.4. The molecule has 1 atom stereocenters. The summed E-state index contributed by atoms with van der Waals surface area (Å²) in [5.41, 5.74) is 0. The van der Waals surface area contributed by atoms with Crippen molar-refractivity contribution in [3.63, 3.8) is 0 Å². The first-order valence-electron chi connectivity index (χ1n) is 31.0. The first-order chi connectivity index (χ1) is 33.5. The van der Waals surface area contributed by atoms with Gasteiger partial charge in [-0.1, -0.05) is 323 Å². The molecule has 0 aromatic carbocycles. The zero-order chi connectivity index (χ0) is 49.3. The Labute approximate surface area is 425 Å². The van der Waals surface area contributed by atoms with E-state index in [9.17, 15) is 14.4 Å². The van der Waals surface area contributed by atoms with Gasteiger partial charge in [0.25, 0.3) is 0 Å². The molecule has 6 heteroatoms. The number of esters is 3. The van der Waals surface area contributed by atoms with Crippen LogP contribution in [0.15, 0.2) is 0 Å². The molecule has 0 saturated heterocycles. The van der Waals surface area contributed by atoms with Crippen LogP contribution in [0.25, 0.3) is 0 Å². The highest BCUT2D eigenvalue weighted by atomic mass is 16.6. The summed E-state index contributed by atoms with van der Waals surface area (Å²) < 4.78 is 16.8. The molecular weight excluding hydrogens is 841 g/mol. The maximum Gasteiger partial charge on any atom is 0.306 e. The van der Waals surface area contributed by atoms with Gasteiger partial charge in [-0.2, -0.15) is 0 Å². The van der Waals surface area contributed by atoms with Gasteiger partial charge in [-0.15, -0.1) is 0 Å². The van der Waals surface area contributed by atoms with Gasteiger partial charge in [0.2, 0.25) is 0 Å². The molecule has 6 nitrogen and oxygen atoms in total. The lowest BCUT2D eigenvalue weighted by Crippen LogP contribution is -2.30. The fourth-order valence-electron chi connectivity index (χ4n) is 9.68. The monoisotopic (exact) mass is 961 g/mol. The third-order valence-electron chi connectivity index (χ3n) is 14.4. The zero-order valence-electron chi connectivity index (χ0n) is 46.4. The van der Waals surface area contributed by atoms with E-state index in [1.54, 1.807) is 0 Å². The summed E-state index contributed by atoms with van der Waals surface area (Å²) in [7, 11) is 0. The molecule has 0 rings (SSSR count). The van der Waals surface area contributed by atoms with E-state index in [-0.39, 0.29) is 31.1 Å². The van der Waals surface area contributed by atoms with Crippen LogP contribution in [0.1, 0.15) is 361 Å². The molecule has 0 aliphatic carbocycles. The molecule has 0 aromatic heterocycles. The quantitative estimate of drug-likeness (QED) is 0.0343. The Balaban J connectivity index is 3.91. The molecule has 68 heavy (non-hydrogen) atoms. The van der Waals surface area contributed by atoms with Crippen LogP contribution in [0.5, 0.6) is 0 Å². The van der Waals surface area contributed by atoms with Gasteiger partial charge in [0.15, 0.2) is 6.10 Å². The SMILES string of the molecule is CCCCCCCCCCCCCCCCCCCCCCCCCCCCCCCCCC(=O)OCC(COC(=O)CCCCCCCCCCC)OC(=O)CCCCCCCCCCCC. The van der Waals surface area contributed by atoms with E-state index in [0.717, 1.165) is 57.8 Å². The highest BCUT2D eigenvalue weighted by Crippen LogP contribution is 2.18. The van der Waals surface area contributed by atoms with Gasteiger partial charge in [0.1, 0.15) is 13.2 Å². The first kappa shape index (κ1) is 66.4. The molecule has 0 radical (unpaired) electrons. The number of hydrogen-bond acceptors (Lipinski definition) is 6. The van der Waals surface area contributed by atoms with Crippen molar-refractivity contribution in [2.75, 3.05) is 13.2 Å². The minimum atomic E-state index is -0.759. The van der Waals surface area contributed by atoms with E-state index >= 15 is 0 Å². The van der Waals surface area contributed by atoms with E-state index in [4.69, 9.17) is 14.2 Å². The van der Waals surface area contributed by atoms with Crippen LogP contribution in [0.3, 0.4) is 0 Å². The molecule has 1 unspecified atom stereocenters. The fourth-order valence-corrected chi connectivity index (χ4v) is 9.68. The van der Waals surface area contributed by atoms with Crippen molar-refractivity contribution < 1.29 is 28.6 Å². The Hall–Kier alpha value is -1.59. The molecule has 0 N–H and O–H groups in total. The largest absolute Gasteiger partial charge is 0.462 e. The summed E-state index contributed by atoms with van der Waals surface area (Å²) in [5.74, 6) is -0.842. The van der Waals surface area contributed by atoms with Gasteiger partial charge in [0, 0.05) is 19.3 Å². The van der Waals surface area contributed by atoms with Crippen molar-refractivity contribution in [3.05, 3.63) is 0 Å². The molecule has 0 spiro atoms. The van der Waals surface area contributed by atoms with Crippen molar-refractivity contribution in [1.82, 2.24) is 0 Å². The molecule has 0 amide bonds. The van der Waals surface area contributed by atoms with Crippen LogP contribution in [-0.2, 0) is 28.6 Å². The van der Waals surface area contributed by atoms with Crippen molar-refractivity contribution >= 4 is 17.9 Å². The molecule has 404 valence electrons. The lowest BCUT2D eigenvalue weighted by molar-refractivity contribution is -0.167. The van der Waals surface area contributed by atoms with Crippen LogP contribution in [-0.4, -0.2) is 37.2 Å². The predicted molar refractivity (Wildman–Crippen MR) is 294 cm³/mol. The predicted octanol–water partition coefficient (Wildman–Crippen LogP) is 20.7. The van der Waals surface area contributed by atoms with Crippen LogP contribution < -0.4 is 0 Å². The average Bonchev–Trinajstić information content (AvgIpc) is 3.34. The molecule has 0 fully saturated rings. The molecule has 0 aromatic rings. The Bertz CT molecular complexity index is 1010. The topological polar surface area (TPSA) is 78.9 Å². The molecule has 0 saturated carbocycles. The Morgan fingerprint density at radius 2 is 0.397 bits per heavy atom. The first-order valence-corrected chi connectivity index (χ1v) is 31.0. The summed E-state index contributed by atoms with van der Waals surface area (Å²) in [6.07, 6.45) is 65.8. The third-order valence-corrected chi connectivity index (χ3v) is 14.4. The molecule has 0 bridgehead atoms. The van der Waals surface area contributed by atoms with Gasteiger partial charge in [0.05, 0.1) is 0 Å². The second-order valence-electron chi connectivity index (χ2n) is 21.3. The third kappa shape index (κ3) is 55.3. The maximum atomic E-state index is 12.7. The molecule has 0 aliphatic heterocycles. The van der Waals surface area contributed by atoms with Crippen molar-refractivity contribution in [3.8, 4) is 0 Å². The number of hydrogen-bond donors (Lipinski definition) is 0. The normalized spacial score (nSPS) is 11.9. The minimum absolute atomic E-state index is 0.0620. The van der Waals surface area contributed by atoms with Crippen LogP contribution in [0, 0.1) is 0 Å². The summed E-state index contributed by atoms with van der Waals surface area (Å²) in [5, 5.41) is 0. The average molecular weight is 962 g/mol. The van der Waals surface area contributed by atoms with Gasteiger partial charge in [-0.05, 0) is 19.3 Å². The van der Waals surface area contributed by atoms with Gasteiger partial charge in [-0.3, -0.25) is 14.4 Å². The van der Waals surface area contributed by atoms with E-state index < -0.39 is 6.10 Å². The van der Waals surface area contributed by atoms with E-state index in [1.165, 1.54) is 263 Å². The van der Waals surface area contributed by atoms with E-state index in [1.807, 2.05) is 0 Å². The standard InChI is InChI=1S/C62H120O6/c1-4-7-10-13-16-19-21-22-23-24-25-26-27-28-29-30-31-32-33-34-35-36-37-38-39-40-41-44-46-49-52-55-61(64)67-58-59(57-66-60(63)54-51-48-45-42-18-15-12-9-6-3)68-62(65)56-53-50-47-43-20-17-14-11-8-5-2/h59H,4-58H2,1-3H3. The summed E-state index contributed by atoms with van der Waals surface area (Å²) in [6.45, 7) is 6.67. The van der Waals surface area contributed by atoms with Crippen molar-refractivity contribution in [2.24, 2.45) is 0 Å². The second-order valence-corrected chi connectivity index (χ2v) is 21.3.